The molecule has 0 amide bonds. The summed E-state index contributed by atoms with van der Waals surface area (Å²) in [6.45, 7) is 2.06. The van der Waals surface area contributed by atoms with Crippen LogP contribution in [0.3, 0.4) is 0 Å². The van der Waals surface area contributed by atoms with E-state index in [-0.39, 0.29) is 6.42 Å². The first kappa shape index (κ1) is 12.7. The van der Waals surface area contributed by atoms with E-state index in [4.69, 9.17) is 11.0 Å². The van der Waals surface area contributed by atoms with Crippen LogP contribution in [-0.4, -0.2) is 20.2 Å². The fourth-order valence-electron chi connectivity index (χ4n) is 2.22. The lowest BCUT2D eigenvalue weighted by atomic mass is 10.1. The molecule has 18 heavy (non-hydrogen) atoms. The van der Waals surface area contributed by atoms with E-state index in [0.29, 0.717) is 24.3 Å². The molecule has 0 radical (unpaired) electrons. The summed E-state index contributed by atoms with van der Waals surface area (Å²) in [6, 6.07) is 7.08. The lowest BCUT2D eigenvalue weighted by Crippen LogP contribution is -2.36. The smallest absolute Gasteiger partial charge is 0.251 e. The van der Waals surface area contributed by atoms with Crippen molar-refractivity contribution in [2.24, 2.45) is 0 Å². The minimum absolute atomic E-state index is 0.285. The van der Waals surface area contributed by atoms with Gasteiger partial charge in [-0.15, -0.1) is 0 Å². The Balaban J connectivity index is 2.47. The number of nitriles is 1. The molecule has 0 aliphatic carbocycles. The maximum Gasteiger partial charge on any atom is 0.251 e. The standard InChI is InChI=1S/C12H15N3O2S/c1-2-9(8-13)18(16,17)15-7-6-10-11(14)4-3-5-12(10)15/h3-5,9H,2,6-7,14H2,1H3. The van der Waals surface area contributed by atoms with Gasteiger partial charge >= 0.3 is 0 Å². The highest BCUT2D eigenvalue weighted by Crippen LogP contribution is 2.35. The molecule has 1 aliphatic rings. The van der Waals surface area contributed by atoms with Crippen LogP contribution in [0, 0.1) is 11.3 Å². The number of hydrogen-bond donors (Lipinski definition) is 1. The van der Waals surface area contributed by atoms with Crippen molar-refractivity contribution in [3.05, 3.63) is 23.8 Å². The molecule has 0 saturated carbocycles. The van der Waals surface area contributed by atoms with Gasteiger partial charge in [0, 0.05) is 17.8 Å². The van der Waals surface area contributed by atoms with Crippen molar-refractivity contribution >= 4 is 21.4 Å². The molecule has 1 atom stereocenters. The first-order chi connectivity index (χ1) is 8.52. The monoisotopic (exact) mass is 265 g/mol. The number of nitrogens with two attached hydrogens (primary N) is 1. The molecule has 1 unspecified atom stereocenters. The molecule has 6 heteroatoms. The van der Waals surface area contributed by atoms with Gasteiger partial charge < -0.3 is 5.73 Å². The van der Waals surface area contributed by atoms with Gasteiger partial charge in [0.1, 0.15) is 0 Å². The summed E-state index contributed by atoms with van der Waals surface area (Å²) in [7, 11) is -3.61. The van der Waals surface area contributed by atoms with E-state index in [1.807, 2.05) is 6.07 Å². The van der Waals surface area contributed by atoms with Gasteiger partial charge in [-0.2, -0.15) is 5.26 Å². The molecule has 1 heterocycles. The Hall–Kier alpha value is -1.74. The number of anilines is 2. The highest BCUT2D eigenvalue weighted by atomic mass is 32.2. The van der Waals surface area contributed by atoms with E-state index in [9.17, 15) is 8.42 Å². The van der Waals surface area contributed by atoms with Gasteiger partial charge in [0.2, 0.25) is 0 Å². The molecule has 1 aromatic carbocycles. The van der Waals surface area contributed by atoms with E-state index in [2.05, 4.69) is 0 Å². The number of sulfonamides is 1. The van der Waals surface area contributed by atoms with Crippen LogP contribution >= 0.6 is 0 Å². The first-order valence-corrected chi connectivity index (χ1v) is 7.31. The first-order valence-electron chi connectivity index (χ1n) is 5.81. The maximum absolute atomic E-state index is 12.3. The summed E-state index contributed by atoms with van der Waals surface area (Å²) >= 11 is 0. The topological polar surface area (TPSA) is 87.2 Å². The Morgan fingerprint density at radius 3 is 2.89 bits per heavy atom. The zero-order valence-corrected chi connectivity index (χ0v) is 10.9. The van der Waals surface area contributed by atoms with Crippen LogP contribution in [0.25, 0.3) is 0 Å². The minimum Gasteiger partial charge on any atom is -0.398 e. The van der Waals surface area contributed by atoms with Crippen LogP contribution in [0.1, 0.15) is 18.9 Å². The molecule has 0 aromatic heterocycles. The Morgan fingerprint density at radius 1 is 1.56 bits per heavy atom. The number of nitrogens with zero attached hydrogens (tertiary/aromatic N) is 2. The minimum atomic E-state index is -3.61. The summed E-state index contributed by atoms with van der Waals surface area (Å²) in [6.07, 6.45) is 0.885. The van der Waals surface area contributed by atoms with Crippen LogP contribution in [0.4, 0.5) is 11.4 Å². The summed E-state index contributed by atoms with van der Waals surface area (Å²) in [4.78, 5) is 0. The summed E-state index contributed by atoms with van der Waals surface area (Å²) < 4.78 is 26.0. The van der Waals surface area contributed by atoms with E-state index >= 15 is 0 Å². The normalized spacial score (nSPS) is 16.1. The van der Waals surface area contributed by atoms with E-state index < -0.39 is 15.3 Å². The zero-order valence-electron chi connectivity index (χ0n) is 10.1. The van der Waals surface area contributed by atoms with Crippen molar-refractivity contribution < 1.29 is 8.42 Å². The Morgan fingerprint density at radius 2 is 2.28 bits per heavy atom. The third kappa shape index (κ3) is 1.81. The van der Waals surface area contributed by atoms with Crippen LogP contribution < -0.4 is 10.0 Å². The predicted molar refractivity (Wildman–Crippen MR) is 70.5 cm³/mol. The molecular weight excluding hydrogens is 250 g/mol. The summed E-state index contributed by atoms with van der Waals surface area (Å²) in [5, 5.41) is 7.95. The Labute approximate surface area is 107 Å². The molecular formula is C12H15N3O2S. The molecule has 0 bridgehead atoms. The molecule has 0 fully saturated rings. The van der Waals surface area contributed by atoms with Gasteiger partial charge in [-0.05, 0) is 25.0 Å². The SMILES string of the molecule is CCC(C#N)S(=O)(=O)N1CCc2c(N)cccc21. The van der Waals surface area contributed by atoms with Crippen molar-refractivity contribution in [1.82, 2.24) is 0 Å². The van der Waals surface area contributed by atoms with E-state index in [1.54, 1.807) is 25.1 Å². The lowest BCUT2D eigenvalue weighted by molar-refractivity contribution is 0.583. The van der Waals surface area contributed by atoms with Crippen molar-refractivity contribution in [2.45, 2.75) is 25.0 Å². The number of nitrogen functional groups attached to an aromatic ring is 1. The van der Waals surface area contributed by atoms with Crippen LogP contribution in [-0.2, 0) is 16.4 Å². The molecule has 0 spiro atoms. The number of rotatable bonds is 3. The Bertz CT molecular complexity index is 604. The molecule has 0 saturated heterocycles. The average Bonchev–Trinajstić information content (AvgIpc) is 2.76. The summed E-state index contributed by atoms with van der Waals surface area (Å²) in [5.41, 5.74) is 7.91. The molecule has 2 N–H and O–H groups in total. The second-order valence-electron chi connectivity index (χ2n) is 4.24. The Kier molecular flexibility index (Phi) is 3.18. The zero-order chi connectivity index (χ0) is 13.3. The molecule has 5 nitrogen and oxygen atoms in total. The fourth-order valence-corrected chi connectivity index (χ4v) is 3.87. The van der Waals surface area contributed by atoms with Crippen molar-refractivity contribution in [2.75, 3.05) is 16.6 Å². The number of benzene rings is 1. The van der Waals surface area contributed by atoms with Gasteiger partial charge in [-0.25, -0.2) is 8.42 Å². The fraction of sp³-hybridized carbons (Fsp3) is 0.417. The van der Waals surface area contributed by atoms with Crippen molar-refractivity contribution in [3.63, 3.8) is 0 Å². The van der Waals surface area contributed by atoms with Crippen molar-refractivity contribution in [3.8, 4) is 6.07 Å². The van der Waals surface area contributed by atoms with Gasteiger partial charge in [0.25, 0.3) is 10.0 Å². The third-order valence-electron chi connectivity index (χ3n) is 3.20. The van der Waals surface area contributed by atoms with E-state index in [1.165, 1.54) is 4.31 Å². The largest absolute Gasteiger partial charge is 0.398 e. The van der Waals surface area contributed by atoms with Gasteiger partial charge in [0.05, 0.1) is 11.8 Å². The van der Waals surface area contributed by atoms with E-state index in [0.717, 1.165) is 5.56 Å². The van der Waals surface area contributed by atoms with Crippen LogP contribution in [0.15, 0.2) is 18.2 Å². The van der Waals surface area contributed by atoms with Crippen molar-refractivity contribution in [1.29, 1.82) is 5.26 Å². The van der Waals surface area contributed by atoms with Crippen LogP contribution in [0.2, 0.25) is 0 Å². The molecule has 2 rings (SSSR count). The molecule has 1 aliphatic heterocycles. The maximum atomic E-state index is 12.3. The average molecular weight is 265 g/mol. The van der Waals surface area contributed by atoms with Crippen LogP contribution in [0.5, 0.6) is 0 Å². The highest BCUT2D eigenvalue weighted by molar-refractivity contribution is 7.93. The predicted octanol–water partition coefficient (Wildman–Crippen LogP) is 1.26. The van der Waals surface area contributed by atoms with Gasteiger partial charge in [-0.1, -0.05) is 13.0 Å². The molecule has 96 valence electrons. The highest BCUT2D eigenvalue weighted by Gasteiger charge is 2.35. The lowest BCUT2D eigenvalue weighted by Gasteiger charge is -2.22. The molecule has 1 aromatic rings. The number of hydrogen-bond acceptors (Lipinski definition) is 4. The van der Waals surface area contributed by atoms with Gasteiger partial charge in [0.15, 0.2) is 5.25 Å². The number of fused-ring (bicyclic) bond motifs is 1. The second kappa shape index (κ2) is 4.50. The summed E-state index contributed by atoms with van der Waals surface area (Å²) in [5.74, 6) is 0. The van der Waals surface area contributed by atoms with Gasteiger partial charge in [-0.3, -0.25) is 4.31 Å². The quantitative estimate of drug-likeness (QED) is 0.833. The third-order valence-corrected chi connectivity index (χ3v) is 5.35. The second-order valence-corrected chi connectivity index (χ2v) is 6.28.